The number of halogens is 1. The van der Waals surface area contributed by atoms with Crippen LogP contribution < -0.4 is 5.43 Å². The molecular weight excluding hydrogens is 398 g/mol. The molecule has 3 heterocycles. The van der Waals surface area contributed by atoms with Gasteiger partial charge in [-0.3, -0.25) is 4.79 Å². The zero-order chi connectivity index (χ0) is 20.8. The Morgan fingerprint density at radius 1 is 1.10 bits per heavy atom. The predicted octanol–water partition coefficient (Wildman–Crippen LogP) is 4.97. The average Bonchev–Trinajstić information content (AvgIpc) is 3.23. The molecule has 0 aliphatic rings. The fourth-order valence-electron chi connectivity index (χ4n) is 3.70. The summed E-state index contributed by atoms with van der Waals surface area (Å²) in [6, 6.07) is 14.8. The van der Waals surface area contributed by atoms with Crippen molar-refractivity contribution in [1.82, 2.24) is 19.9 Å². The van der Waals surface area contributed by atoms with Crippen molar-refractivity contribution in [1.29, 1.82) is 5.26 Å². The molecule has 7 heteroatoms. The molecule has 0 saturated carbocycles. The minimum atomic E-state index is -0.125. The molecule has 0 radical (unpaired) electrons. The number of benzene rings is 2. The first-order valence-electron chi connectivity index (χ1n) is 9.22. The van der Waals surface area contributed by atoms with Gasteiger partial charge in [-0.1, -0.05) is 23.7 Å². The first kappa shape index (κ1) is 18.1. The van der Waals surface area contributed by atoms with E-state index in [1.807, 2.05) is 37.3 Å². The largest absolute Gasteiger partial charge is 0.346 e. The van der Waals surface area contributed by atoms with Crippen LogP contribution in [0.25, 0.3) is 44.5 Å². The van der Waals surface area contributed by atoms with Crippen LogP contribution in [0.2, 0.25) is 5.02 Å². The Kier molecular flexibility index (Phi) is 4.12. The Morgan fingerprint density at radius 2 is 1.97 bits per heavy atom. The van der Waals surface area contributed by atoms with E-state index in [0.29, 0.717) is 32.8 Å². The molecule has 5 rings (SSSR count). The van der Waals surface area contributed by atoms with Gasteiger partial charge >= 0.3 is 0 Å². The Labute approximate surface area is 175 Å². The van der Waals surface area contributed by atoms with Crippen molar-refractivity contribution in [3.05, 3.63) is 81.4 Å². The smallest absolute Gasteiger partial charge is 0.191 e. The molecular formula is C23H14ClN5O. The number of fused-ring (bicyclic) bond motifs is 2. The van der Waals surface area contributed by atoms with Crippen LogP contribution >= 0.6 is 11.6 Å². The second kappa shape index (κ2) is 6.83. The topological polar surface area (TPSA) is 98.2 Å². The Bertz CT molecular complexity index is 1560. The number of nitrogens with one attached hydrogen (secondary N) is 2. The number of nitriles is 1. The van der Waals surface area contributed by atoms with E-state index in [1.165, 1.54) is 6.07 Å². The second-order valence-corrected chi connectivity index (χ2v) is 7.38. The Morgan fingerprint density at radius 3 is 2.80 bits per heavy atom. The molecule has 0 saturated heterocycles. The lowest BCUT2D eigenvalue weighted by Crippen LogP contribution is -2.04. The van der Waals surface area contributed by atoms with Crippen LogP contribution in [0.4, 0.5) is 0 Å². The normalized spacial score (nSPS) is 11.1. The van der Waals surface area contributed by atoms with Crippen LogP contribution in [-0.4, -0.2) is 19.9 Å². The van der Waals surface area contributed by atoms with Gasteiger partial charge in [0.25, 0.3) is 0 Å². The van der Waals surface area contributed by atoms with Gasteiger partial charge in [0.05, 0.1) is 39.6 Å². The third kappa shape index (κ3) is 2.76. The summed E-state index contributed by atoms with van der Waals surface area (Å²) in [5.41, 5.74) is 6.23. The second-order valence-electron chi connectivity index (χ2n) is 6.97. The predicted molar refractivity (Wildman–Crippen MR) is 117 cm³/mol. The number of hydrogen-bond donors (Lipinski definition) is 2. The van der Waals surface area contributed by atoms with Gasteiger partial charge in [0.2, 0.25) is 0 Å². The monoisotopic (exact) mass is 411 g/mol. The molecule has 6 nitrogen and oxygen atoms in total. The lowest BCUT2D eigenvalue weighted by molar-refractivity contribution is 1.27. The molecule has 2 N–H and O–H groups in total. The van der Waals surface area contributed by atoms with Crippen molar-refractivity contribution >= 4 is 33.7 Å². The van der Waals surface area contributed by atoms with E-state index >= 15 is 0 Å². The van der Waals surface area contributed by atoms with Gasteiger partial charge in [-0.2, -0.15) is 5.26 Å². The molecule has 0 atom stereocenters. The number of imidazole rings is 1. The molecule has 3 aromatic heterocycles. The SMILES string of the molecule is Cc1c(C#N)cccc1-c1nc2[nH]ccc(=O)c2cc1-c1cc(Cl)c2nc[nH]c2c1. The molecule has 30 heavy (non-hydrogen) atoms. The lowest BCUT2D eigenvalue weighted by Gasteiger charge is -2.14. The summed E-state index contributed by atoms with van der Waals surface area (Å²) in [5.74, 6) is 0. The minimum absolute atomic E-state index is 0.125. The molecule has 2 aromatic carbocycles. The quantitative estimate of drug-likeness (QED) is 0.428. The number of rotatable bonds is 2. The van der Waals surface area contributed by atoms with Crippen molar-refractivity contribution in [2.75, 3.05) is 0 Å². The third-order valence-corrected chi connectivity index (χ3v) is 5.53. The number of aromatic nitrogens is 4. The molecule has 0 aliphatic carbocycles. The minimum Gasteiger partial charge on any atom is -0.346 e. The molecule has 0 amide bonds. The number of nitrogens with zero attached hydrogens (tertiary/aromatic N) is 3. The van der Waals surface area contributed by atoms with E-state index in [2.05, 4.69) is 21.0 Å². The molecule has 0 fully saturated rings. The van der Waals surface area contributed by atoms with Crippen LogP contribution in [0.3, 0.4) is 0 Å². The van der Waals surface area contributed by atoms with E-state index in [4.69, 9.17) is 16.6 Å². The van der Waals surface area contributed by atoms with Gasteiger partial charge in [0.1, 0.15) is 11.2 Å². The molecule has 0 aliphatic heterocycles. The van der Waals surface area contributed by atoms with Crippen molar-refractivity contribution < 1.29 is 0 Å². The molecule has 0 bridgehead atoms. The van der Waals surface area contributed by atoms with Crippen LogP contribution in [0.1, 0.15) is 11.1 Å². The van der Waals surface area contributed by atoms with Crippen LogP contribution in [-0.2, 0) is 0 Å². The molecule has 5 aromatic rings. The number of hydrogen-bond acceptors (Lipinski definition) is 4. The molecule has 144 valence electrons. The maximum atomic E-state index is 12.5. The van der Waals surface area contributed by atoms with E-state index in [1.54, 1.807) is 18.6 Å². The Balaban J connectivity index is 1.90. The van der Waals surface area contributed by atoms with Gasteiger partial charge in [-0.25, -0.2) is 9.97 Å². The van der Waals surface area contributed by atoms with Gasteiger partial charge in [-0.15, -0.1) is 0 Å². The summed E-state index contributed by atoms with van der Waals surface area (Å²) in [4.78, 5) is 27.6. The zero-order valence-corrected chi connectivity index (χ0v) is 16.6. The number of H-pyrrole nitrogens is 2. The first-order chi connectivity index (χ1) is 14.6. The van der Waals surface area contributed by atoms with Crippen molar-refractivity contribution in [3.8, 4) is 28.5 Å². The zero-order valence-electron chi connectivity index (χ0n) is 15.8. The van der Waals surface area contributed by atoms with Gasteiger partial charge < -0.3 is 9.97 Å². The van der Waals surface area contributed by atoms with E-state index < -0.39 is 0 Å². The average molecular weight is 412 g/mol. The highest BCUT2D eigenvalue weighted by Gasteiger charge is 2.17. The number of aromatic amines is 2. The van der Waals surface area contributed by atoms with E-state index in [-0.39, 0.29) is 5.43 Å². The highest BCUT2D eigenvalue weighted by Crippen LogP contribution is 2.37. The lowest BCUT2D eigenvalue weighted by atomic mass is 9.93. The molecule has 0 unspecified atom stereocenters. The van der Waals surface area contributed by atoms with E-state index in [0.717, 1.165) is 27.8 Å². The van der Waals surface area contributed by atoms with Crippen molar-refractivity contribution in [2.24, 2.45) is 0 Å². The highest BCUT2D eigenvalue weighted by atomic mass is 35.5. The standard InChI is InChI=1S/C23H14ClN5O/c1-12-13(10-25)3-2-4-15(12)21-16(9-17-20(30)5-6-26-23(17)29-21)14-7-18(24)22-19(8-14)27-11-28-22/h2-9,11H,1H3,(H,27,28)(H,26,29,30). The van der Waals surface area contributed by atoms with Crippen molar-refractivity contribution in [2.45, 2.75) is 6.92 Å². The fraction of sp³-hybridized carbons (Fsp3) is 0.0435. The summed E-state index contributed by atoms with van der Waals surface area (Å²) in [7, 11) is 0. The summed E-state index contributed by atoms with van der Waals surface area (Å²) < 4.78 is 0. The summed E-state index contributed by atoms with van der Waals surface area (Å²) >= 11 is 6.47. The summed E-state index contributed by atoms with van der Waals surface area (Å²) in [6.07, 6.45) is 3.17. The van der Waals surface area contributed by atoms with Crippen LogP contribution in [0.5, 0.6) is 0 Å². The Hall–Kier alpha value is -3.95. The maximum Gasteiger partial charge on any atom is 0.191 e. The third-order valence-electron chi connectivity index (χ3n) is 5.24. The fourth-order valence-corrected chi connectivity index (χ4v) is 3.97. The van der Waals surface area contributed by atoms with Gasteiger partial charge in [0, 0.05) is 23.4 Å². The van der Waals surface area contributed by atoms with Crippen LogP contribution in [0, 0.1) is 18.3 Å². The first-order valence-corrected chi connectivity index (χ1v) is 9.60. The van der Waals surface area contributed by atoms with E-state index in [9.17, 15) is 10.1 Å². The van der Waals surface area contributed by atoms with Gasteiger partial charge in [0.15, 0.2) is 5.43 Å². The molecule has 0 spiro atoms. The van der Waals surface area contributed by atoms with Crippen molar-refractivity contribution in [3.63, 3.8) is 0 Å². The maximum absolute atomic E-state index is 12.5. The van der Waals surface area contributed by atoms with Crippen LogP contribution in [0.15, 0.2) is 59.8 Å². The highest BCUT2D eigenvalue weighted by molar-refractivity contribution is 6.35. The number of pyridine rings is 2. The summed E-state index contributed by atoms with van der Waals surface area (Å²) in [5, 5.41) is 10.4. The van der Waals surface area contributed by atoms with Gasteiger partial charge in [-0.05, 0) is 42.3 Å². The summed E-state index contributed by atoms with van der Waals surface area (Å²) in [6.45, 7) is 1.89.